The number of hydrogen-bond acceptors (Lipinski definition) is 4. The number of rotatable bonds is 3. The number of carbonyl (C=O) groups is 1. The molecule has 0 saturated carbocycles. The van der Waals surface area contributed by atoms with Gasteiger partial charge in [-0.25, -0.2) is 8.42 Å². The highest BCUT2D eigenvalue weighted by Gasteiger charge is 2.29. The summed E-state index contributed by atoms with van der Waals surface area (Å²) in [4.78, 5) is 13.5. The van der Waals surface area contributed by atoms with E-state index in [2.05, 4.69) is 0 Å². The van der Waals surface area contributed by atoms with Crippen molar-refractivity contribution in [3.8, 4) is 0 Å². The molecule has 1 amide bonds. The number of benzene rings is 1. The second-order valence-corrected chi connectivity index (χ2v) is 6.65. The Kier molecular flexibility index (Phi) is 4.29. The molecule has 6 nitrogen and oxygen atoms in total. The summed E-state index contributed by atoms with van der Waals surface area (Å²) in [7, 11) is -3.49. The Morgan fingerprint density at radius 2 is 1.70 bits per heavy atom. The summed E-state index contributed by atoms with van der Waals surface area (Å²) in [6.07, 6.45) is 0.449. The Balaban J connectivity index is 2.09. The lowest BCUT2D eigenvalue weighted by Gasteiger charge is -2.33. The molecular weight excluding hydrogens is 278 g/mol. The molecule has 1 aliphatic rings. The van der Waals surface area contributed by atoms with Crippen LogP contribution in [0.3, 0.4) is 0 Å². The van der Waals surface area contributed by atoms with Gasteiger partial charge < -0.3 is 10.6 Å². The summed E-state index contributed by atoms with van der Waals surface area (Å²) < 4.78 is 26.3. The number of carbonyl (C=O) groups excluding carboxylic acids is 1. The maximum absolute atomic E-state index is 12.4. The number of nitrogen functional groups attached to an aromatic ring is 1. The normalized spacial score (nSPS) is 17.1. The van der Waals surface area contributed by atoms with Crippen LogP contribution in [0.25, 0.3) is 0 Å². The lowest BCUT2D eigenvalue weighted by atomic mass is 10.3. The molecule has 0 atom stereocenters. The van der Waals surface area contributed by atoms with Crippen molar-refractivity contribution in [1.29, 1.82) is 0 Å². The molecule has 7 heteroatoms. The Morgan fingerprint density at radius 3 is 2.20 bits per heavy atom. The van der Waals surface area contributed by atoms with Gasteiger partial charge in [0.25, 0.3) is 0 Å². The molecule has 0 radical (unpaired) electrons. The Bertz CT molecular complexity index is 575. The molecule has 0 bridgehead atoms. The van der Waals surface area contributed by atoms with Crippen LogP contribution in [0.1, 0.15) is 13.3 Å². The van der Waals surface area contributed by atoms with Gasteiger partial charge in [0.2, 0.25) is 15.9 Å². The van der Waals surface area contributed by atoms with Gasteiger partial charge in [-0.3, -0.25) is 4.79 Å². The molecule has 1 aromatic rings. The maximum Gasteiger partial charge on any atom is 0.243 e. The van der Waals surface area contributed by atoms with E-state index in [4.69, 9.17) is 5.73 Å². The van der Waals surface area contributed by atoms with E-state index in [1.165, 1.54) is 16.4 Å². The van der Waals surface area contributed by atoms with Gasteiger partial charge >= 0.3 is 0 Å². The van der Waals surface area contributed by atoms with Crippen molar-refractivity contribution >= 4 is 21.6 Å². The van der Waals surface area contributed by atoms with E-state index in [-0.39, 0.29) is 10.8 Å². The third kappa shape index (κ3) is 2.94. The molecule has 0 aliphatic carbocycles. The molecule has 2 N–H and O–H groups in total. The highest BCUT2D eigenvalue weighted by atomic mass is 32.2. The lowest BCUT2D eigenvalue weighted by Crippen LogP contribution is -2.50. The molecule has 1 saturated heterocycles. The summed E-state index contributed by atoms with van der Waals surface area (Å²) in [6, 6.07) is 6.16. The summed E-state index contributed by atoms with van der Waals surface area (Å²) in [6.45, 7) is 3.36. The fourth-order valence-electron chi connectivity index (χ4n) is 2.19. The first-order valence-corrected chi connectivity index (χ1v) is 8.02. The van der Waals surface area contributed by atoms with Crippen LogP contribution >= 0.6 is 0 Å². The quantitative estimate of drug-likeness (QED) is 0.824. The van der Waals surface area contributed by atoms with E-state index in [1.54, 1.807) is 24.0 Å². The van der Waals surface area contributed by atoms with Crippen molar-refractivity contribution in [2.45, 2.75) is 18.2 Å². The molecule has 1 aliphatic heterocycles. The first kappa shape index (κ1) is 14.8. The van der Waals surface area contributed by atoms with Crippen LogP contribution in [0.15, 0.2) is 29.2 Å². The predicted octanol–water partition coefficient (Wildman–Crippen LogP) is 0.512. The Hall–Kier alpha value is -1.60. The monoisotopic (exact) mass is 297 g/mol. The van der Waals surface area contributed by atoms with Gasteiger partial charge in [0.1, 0.15) is 0 Å². The number of nitrogens with zero attached hydrogens (tertiary/aromatic N) is 2. The molecule has 20 heavy (non-hydrogen) atoms. The van der Waals surface area contributed by atoms with E-state index in [0.29, 0.717) is 38.3 Å². The largest absolute Gasteiger partial charge is 0.399 e. The van der Waals surface area contributed by atoms with Crippen LogP contribution in [0, 0.1) is 0 Å². The van der Waals surface area contributed by atoms with Gasteiger partial charge in [-0.2, -0.15) is 4.31 Å². The van der Waals surface area contributed by atoms with Crippen molar-refractivity contribution < 1.29 is 13.2 Å². The molecule has 1 aromatic carbocycles. The molecule has 110 valence electrons. The van der Waals surface area contributed by atoms with Crippen molar-refractivity contribution in [2.24, 2.45) is 0 Å². The van der Waals surface area contributed by atoms with E-state index < -0.39 is 10.0 Å². The van der Waals surface area contributed by atoms with Crippen LogP contribution in [0.2, 0.25) is 0 Å². The van der Waals surface area contributed by atoms with Crippen LogP contribution in [0.4, 0.5) is 5.69 Å². The first-order valence-electron chi connectivity index (χ1n) is 6.58. The molecule has 1 heterocycles. The molecule has 0 aromatic heterocycles. The fourth-order valence-corrected chi connectivity index (χ4v) is 3.61. The second-order valence-electron chi connectivity index (χ2n) is 4.71. The number of sulfonamides is 1. The van der Waals surface area contributed by atoms with E-state index in [1.807, 2.05) is 0 Å². The Labute approximate surface area is 119 Å². The number of amides is 1. The van der Waals surface area contributed by atoms with Crippen LogP contribution in [-0.2, 0) is 14.8 Å². The van der Waals surface area contributed by atoms with E-state index >= 15 is 0 Å². The molecule has 1 fully saturated rings. The lowest BCUT2D eigenvalue weighted by molar-refractivity contribution is -0.132. The number of piperazine rings is 1. The van der Waals surface area contributed by atoms with Gasteiger partial charge in [0.05, 0.1) is 4.90 Å². The first-order chi connectivity index (χ1) is 9.45. The average molecular weight is 297 g/mol. The zero-order chi connectivity index (χ0) is 14.8. The van der Waals surface area contributed by atoms with Gasteiger partial charge in [-0.05, 0) is 24.3 Å². The van der Waals surface area contributed by atoms with Gasteiger partial charge in [0, 0.05) is 38.3 Å². The predicted molar refractivity (Wildman–Crippen MR) is 76.5 cm³/mol. The standard InChI is InChI=1S/C13H19N3O3S/c1-2-13(17)15-7-9-16(10-8-15)20(18,19)12-5-3-11(14)4-6-12/h3-6H,2,7-10,14H2,1H3. The van der Waals surface area contributed by atoms with E-state index in [9.17, 15) is 13.2 Å². The smallest absolute Gasteiger partial charge is 0.243 e. The van der Waals surface area contributed by atoms with Crippen LogP contribution in [-0.4, -0.2) is 49.7 Å². The second kappa shape index (κ2) is 5.80. The summed E-state index contributed by atoms with van der Waals surface area (Å²) in [5, 5.41) is 0. The minimum Gasteiger partial charge on any atom is -0.399 e. The molecule has 2 rings (SSSR count). The highest BCUT2D eigenvalue weighted by molar-refractivity contribution is 7.89. The zero-order valence-corrected chi connectivity index (χ0v) is 12.3. The Morgan fingerprint density at radius 1 is 1.15 bits per heavy atom. The van der Waals surface area contributed by atoms with Crippen molar-refractivity contribution in [3.05, 3.63) is 24.3 Å². The van der Waals surface area contributed by atoms with Gasteiger partial charge in [0.15, 0.2) is 0 Å². The minimum atomic E-state index is -3.49. The van der Waals surface area contributed by atoms with Gasteiger partial charge in [-0.1, -0.05) is 6.92 Å². The number of anilines is 1. The molecule has 0 unspecified atom stereocenters. The average Bonchev–Trinajstić information content (AvgIpc) is 2.47. The number of hydrogen-bond donors (Lipinski definition) is 1. The molecule has 0 spiro atoms. The maximum atomic E-state index is 12.4. The minimum absolute atomic E-state index is 0.0644. The summed E-state index contributed by atoms with van der Waals surface area (Å²) in [5.41, 5.74) is 6.09. The van der Waals surface area contributed by atoms with Crippen LogP contribution in [0.5, 0.6) is 0 Å². The van der Waals surface area contributed by atoms with Crippen molar-refractivity contribution in [3.63, 3.8) is 0 Å². The van der Waals surface area contributed by atoms with Crippen LogP contribution < -0.4 is 5.73 Å². The van der Waals surface area contributed by atoms with Gasteiger partial charge in [-0.15, -0.1) is 0 Å². The fraction of sp³-hybridized carbons (Fsp3) is 0.462. The third-order valence-electron chi connectivity index (χ3n) is 3.41. The van der Waals surface area contributed by atoms with Crippen molar-refractivity contribution in [1.82, 2.24) is 9.21 Å². The SMILES string of the molecule is CCC(=O)N1CCN(S(=O)(=O)c2ccc(N)cc2)CC1. The topological polar surface area (TPSA) is 83.7 Å². The summed E-state index contributed by atoms with van der Waals surface area (Å²) in [5.74, 6) is 0.0644. The summed E-state index contributed by atoms with van der Waals surface area (Å²) >= 11 is 0. The highest BCUT2D eigenvalue weighted by Crippen LogP contribution is 2.19. The number of nitrogens with two attached hydrogens (primary N) is 1. The van der Waals surface area contributed by atoms with Crippen molar-refractivity contribution in [2.75, 3.05) is 31.9 Å². The third-order valence-corrected chi connectivity index (χ3v) is 5.32. The molecular formula is C13H19N3O3S. The zero-order valence-electron chi connectivity index (χ0n) is 11.4. The van der Waals surface area contributed by atoms with E-state index in [0.717, 1.165) is 0 Å².